The molecule has 0 saturated heterocycles. The molecular formula is C22H22N6O5. The Balaban J connectivity index is 1.36. The van der Waals surface area contributed by atoms with Crippen LogP contribution in [0.25, 0.3) is 0 Å². The Kier molecular flexibility index (Phi) is 6.39. The molecular weight excluding hydrogens is 428 g/mol. The van der Waals surface area contributed by atoms with Crippen molar-refractivity contribution < 1.29 is 23.5 Å². The highest BCUT2D eigenvalue weighted by Crippen LogP contribution is 2.18. The van der Waals surface area contributed by atoms with Gasteiger partial charge in [-0.1, -0.05) is 0 Å². The quantitative estimate of drug-likeness (QED) is 0.401. The lowest BCUT2D eigenvalue weighted by atomic mass is 10.3. The van der Waals surface area contributed by atoms with E-state index in [9.17, 15) is 9.59 Å². The summed E-state index contributed by atoms with van der Waals surface area (Å²) in [4.78, 5) is 25.2. The maximum Gasteiger partial charge on any atom is 0.276 e. The van der Waals surface area contributed by atoms with Crippen molar-refractivity contribution in [2.45, 2.75) is 13.3 Å². The Hall–Kier alpha value is -4.54. The lowest BCUT2D eigenvalue weighted by molar-refractivity contribution is 0.0943. The normalized spacial score (nSPS) is 10.6. The van der Waals surface area contributed by atoms with Gasteiger partial charge in [-0.05, 0) is 42.5 Å². The van der Waals surface area contributed by atoms with Gasteiger partial charge in [0.1, 0.15) is 17.3 Å². The molecule has 1 aromatic carbocycles. The van der Waals surface area contributed by atoms with E-state index >= 15 is 0 Å². The zero-order valence-corrected chi connectivity index (χ0v) is 18.0. The van der Waals surface area contributed by atoms with E-state index in [1.54, 1.807) is 69.0 Å². The van der Waals surface area contributed by atoms with Gasteiger partial charge in [0.25, 0.3) is 11.8 Å². The van der Waals surface area contributed by atoms with Crippen LogP contribution in [0.4, 0.5) is 5.69 Å². The summed E-state index contributed by atoms with van der Waals surface area (Å²) in [6.07, 6.45) is 4.69. The van der Waals surface area contributed by atoms with E-state index in [-0.39, 0.29) is 30.4 Å². The van der Waals surface area contributed by atoms with Crippen LogP contribution in [-0.2, 0) is 20.3 Å². The molecule has 0 spiro atoms. The van der Waals surface area contributed by atoms with Crippen LogP contribution in [0.5, 0.6) is 11.5 Å². The predicted octanol–water partition coefficient (Wildman–Crippen LogP) is 2.44. The molecule has 170 valence electrons. The number of aryl methyl sites for hydroxylation is 1. The standard InChI is InChI=1S/C22H22N6O5/c1-27-13-19(20(26-27)22(30)23-12-17-4-3-11-32-17)24-21(29)18-9-10-28(25-18)14-33-16-7-5-15(31-2)6-8-16/h3-11,13H,12,14H2,1-2H3,(H,23,30)(H,24,29). The average Bonchev–Trinajstić information content (AvgIpc) is 3.58. The number of nitrogens with zero attached hydrogens (tertiary/aromatic N) is 4. The summed E-state index contributed by atoms with van der Waals surface area (Å²) in [7, 11) is 3.25. The summed E-state index contributed by atoms with van der Waals surface area (Å²) in [5, 5.41) is 13.8. The van der Waals surface area contributed by atoms with Gasteiger partial charge in [-0.2, -0.15) is 10.2 Å². The van der Waals surface area contributed by atoms with Crippen molar-refractivity contribution in [1.82, 2.24) is 24.9 Å². The maximum atomic E-state index is 12.7. The number of anilines is 1. The first-order chi connectivity index (χ1) is 16.0. The molecule has 3 heterocycles. The molecule has 0 aliphatic rings. The van der Waals surface area contributed by atoms with Gasteiger partial charge in [0.05, 0.1) is 25.6 Å². The summed E-state index contributed by atoms with van der Waals surface area (Å²) in [5.74, 6) is 1.04. The number of hydrogen-bond acceptors (Lipinski definition) is 7. The number of hydrogen-bond donors (Lipinski definition) is 2. The zero-order chi connectivity index (χ0) is 23.2. The van der Waals surface area contributed by atoms with Crippen LogP contribution in [0, 0.1) is 0 Å². The number of amides is 2. The first-order valence-electron chi connectivity index (χ1n) is 9.97. The lowest BCUT2D eigenvalue weighted by Gasteiger charge is -2.07. The van der Waals surface area contributed by atoms with Crippen LogP contribution < -0.4 is 20.1 Å². The average molecular weight is 450 g/mol. The molecule has 11 nitrogen and oxygen atoms in total. The molecule has 0 atom stereocenters. The minimum absolute atomic E-state index is 0.0830. The van der Waals surface area contributed by atoms with Crippen molar-refractivity contribution in [3.05, 3.63) is 78.3 Å². The highest BCUT2D eigenvalue weighted by atomic mass is 16.5. The van der Waals surface area contributed by atoms with Crippen LogP contribution in [0.1, 0.15) is 26.7 Å². The molecule has 11 heteroatoms. The minimum atomic E-state index is -0.480. The lowest BCUT2D eigenvalue weighted by Crippen LogP contribution is -2.25. The number of aromatic nitrogens is 4. The van der Waals surface area contributed by atoms with Crippen LogP contribution in [-0.4, -0.2) is 38.5 Å². The number of furan rings is 1. The molecule has 4 aromatic rings. The Morgan fingerprint density at radius 2 is 1.85 bits per heavy atom. The first kappa shape index (κ1) is 21.7. The van der Waals surface area contributed by atoms with Gasteiger partial charge in [-0.3, -0.25) is 14.3 Å². The molecule has 0 unspecified atom stereocenters. The van der Waals surface area contributed by atoms with Crippen LogP contribution in [0.2, 0.25) is 0 Å². The third-order valence-electron chi connectivity index (χ3n) is 4.59. The number of methoxy groups -OCH3 is 1. The van der Waals surface area contributed by atoms with E-state index in [1.807, 2.05) is 0 Å². The second kappa shape index (κ2) is 9.73. The molecule has 2 amide bonds. The monoisotopic (exact) mass is 450 g/mol. The van der Waals surface area contributed by atoms with Crippen LogP contribution >= 0.6 is 0 Å². The van der Waals surface area contributed by atoms with Gasteiger partial charge in [0.2, 0.25) is 0 Å². The molecule has 0 fully saturated rings. The third-order valence-corrected chi connectivity index (χ3v) is 4.59. The Morgan fingerprint density at radius 1 is 1.06 bits per heavy atom. The summed E-state index contributed by atoms with van der Waals surface area (Å²) in [5.41, 5.74) is 0.516. The highest BCUT2D eigenvalue weighted by molar-refractivity contribution is 6.07. The van der Waals surface area contributed by atoms with Crippen molar-refractivity contribution in [3.63, 3.8) is 0 Å². The fraction of sp³-hybridized carbons (Fsp3) is 0.182. The summed E-state index contributed by atoms with van der Waals surface area (Å²) in [6.45, 7) is 0.321. The molecule has 2 N–H and O–H groups in total. The van der Waals surface area contributed by atoms with E-state index in [0.717, 1.165) is 5.75 Å². The minimum Gasteiger partial charge on any atom is -0.497 e. The van der Waals surface area contributed by atoms with E-state index in [0.29, 0.717) is 11.5 Å². The Morgan fingerprint density at radius 3 is 2.58 bits per heavy atom. The summed E-state index contributed by atoms with van der Waals surface area (Å²) < 4.78 is 18.9. The number of ether oxygens (including phenoxy) is 2. The number of carbonyl (C=O) groups excluding carboxylic acids is 2. The van der Waals surface area contributed by atoms with Crippen molar-refractivity contribution in [3.8, 4) is 11.5 Å². The van der Waals surface area contributed by atoms with E-state index in [2.05, 4.69) is 20.8 Å². The van der Waals surface area contributed by atoms with Crippen LogP contribution in [0.15, 0.2) is 65.5 Å². The Bertz CT molecular complexity index is 1230. The largest absolute Gasteiger partial charge is 0.497 e. The number of rotatable bonds is 9. The van der Waals surface area contributed by atoms with Crippen molar-refractivity contribution in [2.75, 3.05) is 12.4 Å². The van der Waals surface area contributed by atoms with Gasteiger partial charge in [-0.15, -0.1) is 0 Å². The Labute approximate surface area is 188 Å². The number of carbonyl (C=O) groups is 2. The maximum absolute atomic E-state index is 12.7. The van der Waals surface area contributed by atoms with Gasteiger partial charge in [-0.25, -0.2) is 4.68 Å². The number of benzene rings is 1. The van der Waals surface area contributed by atoms with Gasteiger partial charge >= 0.3 is 0 Å². The van der Waals surface area contributed by atoms with E-state index < -0.39 is 11.8 Å². The zero-order valence-electron chi connectivity index (χ0n) is 18.0. The molecule has 0 radical (unpaired) electrons. The van der Waals surface area contributed by atoms with Crippen molar-refractivity contribution in [2.24, 2.45) is 7.05 Å². The SMILES string of the molecule is COc1ccc(OCn2ccc(C(=O)Nc3cn(C)nc3C(=O)NCc3ccco3)n2)cc1. The fourth-order valence-corrected chi connectivity index (χ4v) is 2.97. The molecule has 3 aromatic heterocycles. The molecule has 33 heavy (non-hydrogen) atoms. The van der Waals surface area contributed by atoms with Gasteiger partial charge in [0.15, 0.2) is 18.1 Å². The second-order valence-corrected chi connectivity index (χ2v) is 6.97. The van der Waals surface area contributed by atoms with Crippen molar-refractivity contribution in [1.29, 1.82) is 0 Å². The smallest absolute Gasteiger partial charge is 0.276 e. The van der Waals surface area contributed by atoms with Gasteiger partial charge < -0.3 is 24.5 Å². The number of nitrogens with one attached hydrogen (secondary N) is 2. The topological polar surface area (TPSA) is 125 Å². The van der Waals surface area contributed by atoms with Gasteiger partial charge in [0, 0.05) is 19.4 Å². The highest BCUT2D eigenvalue weighted by Gasteiger charge is 2.20. The van der Waals surface area contributed by atoms with E-state index in [1.165, 1.54) is 15.6 Å². The summed E-state index contributed by atoms with van der Waals surface area (Å²) in [6, 6.07) is 12.2. The molecule has 0 aliphatic carbocycles. The van der Waals surface area contributed by atoms with Crippen LogP contribution in [0.3, 0.4) is 0 Å². The molecule has 0 saturated carbocycles. The van der Waals surface area contributed by atoms with E-state index in [4.69, 9.17) is 13.9 Å². The predicted molar refractivity (Wildman–Crippen MR) is 117 cm³/mol. The third kappa shape index (κ3) is 5.39. The first-order valence-corrected chi connectivity index (χ1v) is 9.97. The molecule has 4 rings (SSSR count). The van der Waals surface area contributed by atoms with Crippen molar-refractivity contribution >= 4 is 17.5 Å². The summed E-state index contributed by atoms with van der Waals surface area (Å²) >= 11 is 0. The molecule has 0 bridgehead atoms. The molecule has 0 aliphatic heterocycles. The second-order valence-electron chi connectivity index (χ2n) is 6.97. The fourth-order valence-electron chi connectivity index (χ4n) is 2.97.